The topological polar surface area (TPSA) is 83.7 Å². The van der Waals surface area contributed by atoms with Gasteiger partial charge in [0.1, 0.15) is 0 Å². The molecule has 1 atom stereocenters. The number of thiocarbonyl (C=S) groups is 1. The number of methoxy groups -OCH3 is 1. The zero-order chi connectivity index (χ0) is 22.8. The van der Waals surface area contributed by atoms with Crippen molar-refractivity contribution in [3.05, 3.63) is 65.2 Å². The minimum Gasteiger partial charge on any atom is -0.504 e. The van der Waals surface area contributed by atoms with E-state index in [0.717, 1.165) is 28.8 Å². The highest BCUT2D eigenvalue weighted by molar-refractivity contribution is 7.80. The third kappa shape index (κ3) is 3.93. The van der Waals surface area contributed by atoms with Crippen LogP contribution in [0.15, 0.2) is 52.7 Å². The summed E-state index contributed by atoms with van der Waals surface area (Å²) in [4.78, 5) is 6.69. The number of aromatic hydroxyl groups is 1. The number of aromatic nitrogens is 2. The Morgan fingerprint density at radius 1 is 1.19 bits per heavy atom. The molecular weight excluding hydrogens is 424 g/mol. The Labute approximate surface area is 192 Å². The molecule has 2 aromatic carbocycles. The quantitative estimate of drug-likeness (QED) is 0.523. The molecule has 0 spiro atoms. The maximum absolute atomic E-state index is 10.3. The van der Waals surface area contributed by atoms with E-state index in [4.69, 9.17) is 26.5 Å². The first kappa shape index (κ1) is 21.8. The van der Waals surface area contributed by atoms with Gasteiger partial charge in [-0.3, -0.25) is 0 Å². The summed E-state index contributed by atoms with van der Waals surface area (Å²) in [6.45, 7) is 6.83. The van der Waals surface area contributed by atoms with Crippen molar-refractivity contribution >= 4 is 22.9 Å². The van der Waals surface area contributed by atoms with Crippen LogP contribution in [0.2, 0.25) is 0 Å². The number of nitrogens with one attached hydrogen (secondary N) is 1. The molecule has 1 aromatic heterocycles. The molecule has 166 valence electrons. The summed E-state index contributed by atoms with van der Waals surface area (Å²) < 4.78 is 10.9. The maximum atomic E-state index is 10.3. The summed E-state index contributed by atoms with van der Waals surface area (Å²) in [7, 11) is 1.52. The second-order valence-electron chi connectivity index (χ2n) is 7.53. The van der Waals surface area contributed by atoms with Crippen molar-refractivity contribution in [2.75, 3.05) is 13.7 Å². The monoisotopic (exact) mass is 450 g/mol. The van der Waals surface area contributed by atoms with Gasteiger partial charge in [0.25, 0.3) is 5.89 Å². The second kappa shape index (κ2) is 9.00. The molecule has 4 rings (SSSR count). The average Bonchev–Trinajstić information content (AvgIpc) is 3.28. The van der Waals surface area contributed by atoms with Crippen LogP contribution in [0.4, 0.5) is 0 Å². The first-order valence-corrected chi connectivity index (χ1v) is 11.0. The number of benzene rings is 2. The largest absolute Gasteiger partial charge is 0.504 e. The number of hydrogen-bond donors (Lipinski definition) is 2. The number of aryl methyl sites for hydroxylation is 1. The fourth-order valence-corrected chi connectivity index (χ4v) is 4.30. The molecule has 2 heterocycles. The highest BCUT2D eigenvalue weighted by atomic mass is 32.1. The van der Waals surface area contributed by atoms with Gasteiger partial charge in [-0.05, 0) is 55.7 Å². The van der Waals surface area contributed by atoms with E-state index in [0.29, 0.717) is 29.1 Å². The lowest BCUT2D eigenvalue weighted by molar-refractivity contribution is 0.372. The number of allylic oxidation sites excluding steroid dienone is 1. The smallest absolute Gasteiger partial charge is 0.258 e. The van der Waals surface area contributed by atoms with Gasteiger partial charge in [-0.15, -0.1) is 0 Å². The summed E-state index contributed by atoms with van der Waals surface area (Å²) in [6, 6.07) is 13.0. The molecule has 0 saturated heterocycles. The highest BCUT2D eigenvalue weighted by Crippen LogP contribution is 2.39. The summed E-state index contributed by atoms with van der Waals surface area (Å²) in [5, 5.41) is 18.5. The van der Waals surface area contributed by atoms with Gasteiger partial charge in [0.05, 0.1) is 18.7 Å². The summed E-state index contributed by atoms with van der Waals surface area (Å²) >= 11 is 5.60. The van der Waals surface area contributed by atoms with Gasteiger partial charge in [-0.2, -0.15) is 4.98 Å². The molecule has 0 bridgehead atoms. The van der Waals surface area contributed by atoms with Gasteiger partial charge < -0.3 is 24.6 Å². The van der Waals surface area contributed by atoms with Gasteiger partial charge in [-0.1, -0.05) is 42.4 Å². The molecule has 7 nitrogen and oxygen atoms in total. The molecule has 0 saturated carbocycles. The fourth-order valence-electron chi connectivity index (χ4n) is 3.92. The van der Waals surface area contributed by atoms with Crippen LogP contribution in [-0.2, 0) is 6.42 Å². The molecule has 1 unspecified atom stereocenters. The number of ether oxygens (including phenoxy) is 1. The van der Waals surface area contributed by atoms with E-state index < -0.39 is 0 Å². The Hall–Kier alpha value is -3.39. The highest BCUT2D eigenvalue weighted by Gasteiger charge is 2.33. The van der Waals surface area contributed by atoms with Crippen molar-refractivity contribution in [3.63, 3.8) is 0 Å². The Bertz CT molecular complexity index is 1170. The lowest BCUT2D eigenvalue weighted by Crippen LogP contribution is -2.45. The number of nitrogens with zero attached hydrogens (tertiary/aromatic N) is 3. The van der Waals surface area contributed by atoms with Crippen LogP contribution < -0.4 is 10.1 Å². The van der Waals surface area contributed by atoms with Crippen molar-refractivity contribution in [2.24, 2.45) is 0 Å². The van der Waals surface area contributed by atoms with Crippen LogP contribution >= 0.6 is 12.2 Å². The first-order chi connectivity index (χ1) is 15.5. The van der Waals surface area contributed by atoms with Gasteiger partial charge in [0.15, 0.2) is 16.6 Å². The third-order valence-electron chi connectivity index (χ3n) is 5.73. The molecule has 0 fully saturated rings. The first-order valence-electron chi connectivity index (χ1n) is 10.6. The molecule has 8 heteroatoms. The van der Waals surface area contributed by atoms with Gasteiger partial charge in [-0.25, -0.2) is 0 Å². The minimum absolute atomic E-state index is 0.0508. The summed E-state index contributed by atoms with van der Waals surface area (Å²) in [5.41, 5.74) is 4.68. The van der Waals surface area contributed by atoms with Crippen LogP contribution in [0.25, 0.3) is 17.0 Å². The predicted octanol–water partition coefficient (Wildman–Crippen LogP) is 4.70. The SMILES string of the molecule is CCc1ccc(-c2noc(C3=C(C)N(CC)C(=S)NC3c3ccc(OC)c(O)c3)n2)cc1. The van der Waals surface area contributed by atoms with E-state index in [1.165, 1.54) is 12.7 Å². The molecule has 1 aliphatic rings. The van der Waals surface area contributed by atoms with Crippen molar-refractivity contribution in [2.45, 2.75) is 33.2 Å². The van der Waals surface area contributed by atoms with E-state index in [1.807, 2.05) is 36.9 Å². The molecule has 0 aliphatic carbocycles. The van der Waals surface area contributed by atoms with Gasteiger partial charge in [0, 0.05) is 17.8 Å². The van der Waals surface area contributed by atoms with Crippen LogP contribution in [0, 0.1) is 0 Å². The molecule has 32 heavy (non-hydrogen) atoms. The van der Waals surface area contributed by atoms with Crippen molar-refractivity contribution in [1.82, 2.24) is 20.4 Å². The van der Waals surface area contributed by atoms with Crippen LogP contribution in [0.3, 0.4) is 0 Å². The normalized spacial score (nSPS) is 16.3. The Kier molecular flexibility index (Phi) is 6.14. The number of hydrogen-bond acceptors (Lipinski definition) is 6. The maximum Gasteiger partial charge on any atom is 0.258 e. The van der Waals surface area contributed by atoms with Crippen LogP contribution in [0.1, 0.15) is 43.8 Å². The molecule has 3 aromatic rings. The van der Waals surface area contributed by atoms with E-state index in [-0.39, 0.29) is 11.8 Å². The lowest BCUT2D eigenvalue weighted by Gasteiger charge is -2.36. The number of phenols is 1. The van der Waals surface area contributed by atoms with E-state index in [2.05, 4.69) is 29.5 Å². The standard InChI is InChI=1S/C24H26N4O3S/c1-5-15-7-9-16(10-8-15)22-26-23(31-27-22)20-14(3)28(6-2)24(32)25-21(20)17-11-12-19(30-4)18(29)13-17/h7-13,21,29H,5-6H2,1-4H3,(H,25,32). The average molecular weight is 451 g/mol. The zero-order valence-corrected chi connectivity index (χ0v) is 19.4. The van der Waals surface area contributed by atoms with Crippen LogP contribution in [0.5, 0.6) is 11.5 Å². The molecule has 0 radical (unpaired) electrons. The molecule has 2 N–H and O–H groups in total. The zero-order valence-electron chi connectivity index (χ0n) is 18.5. The summed E-state index contributed by atoms with van der Waals surface area (Å²) in [5.74, 6) is 1.39. The molecule has 1 aliphatic heterocycles. The van der Waals surface area contributed by atoms with Crippen LogP contribution in [-0.4, -0.2) is 38.9 Å². The van der Waals surface area contributed by atoms with Crippen molar-refractivity contribution < 1.29 is 14.4 Å². The van der Waals surface area contributed by atoms with Gasteiger partial charge in [0.2, 0.25) is 5.82 Å². The van der Waals surface area contributed by atoms with E-state index >= 15 is 0 Å². The fraction of sp³-hybridized carbons (Fsp3) is 0.292. The van der Waals surface area contributed by atoms with Crippen molar-refractivity contribution in [3.8, 4) is 22.9 Å². The van der Waals surface area contributed by atoms with Gasteiger partial charge >= 0.3 is 0 Å². The minimum atomic E-state index is -0.363. The second-order valence-corrected chi connectivity index (χ2v) is 7.92. The molecule has 0 amide bonds. The molecular formula is C24H26N4O3S. The Morgan fingerprint density at radius 3 is 2.56 bits per heavy atom. The lowest BCUT2D eigenvalue weighted by atomic mass is 9.94. The van der Waals surface area contributed by atoms with Crippen molar-refractivity contribution in [1.29, 1.82) is 0 Å². The Morgan fingerprint density at radius 2 is 1.94 bits per heavy atom. The third-order valence-corrected chi connectivity index (χ3v) is 6.06. The summed E-state index contributed by atoms with van der Waals surface area (Å²) in [6.07, 6.45) is 0.971. The van der Waals surface area contributed by atoms with E-state index in [9.17, 15) is 5.11 Å². The van der Waals surface area contributed by atoms with E-state index in [1.54, 1.807) is 12.1 Å². The Balaban J connectivity index is 1.79. The predicted molar refractivity (Wildman–Crippen MR) is 127 cm³/mol. The number of phenolic OH excluding ortho intramolecular Hbond substituents is 1. The number of rotatable bonds is 6.